The van der Waals surface area contributed by atoms with Gasteiger partial charge in [-0.3, -0.25) is 0 Å². The van der Waals surface area contributed by atoms with Crippen molar-refractivity contribution in [1.29, 1.82) is 0 Å². The summed E-state index contributed by atoms with van der Waals surface area (Å²) in [5.74, 6) is -0.309. The van der Waals surface area contributed by atoms with Crippen molar-refractivity contribution in [3.8, 4) is 0 Å². The Kier molecular flexibility index (Phi) is 5.64. The van der Waals surface area contributed by atoms with Gasteiger partial charge in [0.2, 0.25) is 0 Å². The third-order valence-corrected chi connectivity index (χ3v) is 2.52. The number of hydrogen-bond donors (Lipinski definition) is 1. The number of halogens is 1. The van der Waals surface area contributed by atoms with Gasteiger partial charge in [0.05, 0.1) is 6.61 Å². The van der Waals surface area contributed by atoms with Crippen molar-refractivity contribution in [3.63, 3.8) is 0 Å². The molecule has 0 saturated carbocycles. The van der Waals surface area contributed by atoms with E-state index in [0.29, 0.717) is 13.2 Å². The predicted molar refractivity (Wildman–Crippen MR) is 68.4 cm³/mol. The number of nitrogens with one attached hydrogen (secondary N) is 1. The zero-order valence-corrected chi connectivity index (χ0v) is 10.7. The highest BCUT2D eigenvalue weighted by molar-refractivity contribution is 9.10. The van der Waals surface area contributed by atoms with Gasteiger partial charge in [0.1, 0.15) is 0 Å². The summed E-state index contributed by atoms with van der Waals surface area (Å²) in [6.45, 7) is 2.77. The van der Waals surface area contributed by atoms with Gasteiger partial charge in [-0.05, 0) is 35.0 Å². The molecule has 0 aromatic heterocycles. The van der Waals surface area contributed by atoms with Crippen molar-refractivity contribution in [1.82, 2.24) is 0 Å². The fourth-order valence-electron chi connectivity index (χ4n) is 1.12. The predicted octanol–water partition coefficient (Wildman–Crippen LogP) is 2.98. The maximum atomic E-state index is 11.0. The first-order valence-electron chi connectivity index (χ1n) is 5.05. The molecule has 0 aliphatic carbocycles. The fourth-order valence-corrected chi connectivity index (χ4v) is 1.54. The number of benzene rings is 1. The minimum atomic E-state index is -0.309. The second-order valence-electron chi connectivity index (χ2n) is 3.02. The first-order chi connectivity index (χ1) is 7.74. The molecule has 0 atom stereocenters. The molecule has 4 heteroatoms. The van der Waals surface area contributed by atoms with Crippen LogP contribution in [0.1, 0.15) is 6.92 Å². The summed E-state index contributed by atoms with van der Waals surface area (Å²) in [6, 6.07) is 7.81. The number of anilines is 1. The quantitative estimate of drug-likeness (QED) is 0.667. The van der Waals surface area contributed by atoms with Crippen LogP contribution in [0.3, 0.4) is 0 Å². The normalized spacial score (nSPS) is 10.4. The van der Waals surface area contributed by atoms with E-state index in [-0.39, 0.29) is 5.97 Å². The van der Waals surface area contributed by atoms with E-state index in [2.05, 4.69) is 21.2 Å². The smallest absolute Gasteiger partial charge is 0.330 e. The van der Waals surface area contributed by atoms with E-state index >= 15 is 0 Å². The van der Waals surface area contributed by atoms with Gasteiger partial charge in [-0.1, -0.05) is 18.2 Å². The Balaban J connectivity index is 2.36. The van der Waals surface area contributed by atoms with Crippen LogP contribution < -0.4 is 5.32 Å². The van der Waals surface area contributed by atoms with Gasteiger partial charge in [0, 0.05) is 22.8 Å². The van der Waals surface area contributed by atoms with Crippen LogP contribution in [0.4, 0.5) is 5.69 Å². The highest BCUT2D eigenvalue weighted by Crippen LogP contribution is 2.20. The summed E-state index contributed by atoms with van der Waals surface area (Å²) in [7, 11) is 0. The van der Waals surface area contributed by atoms with E-state index in [0.717, 1.165) is 10.2 Å². The lowest BCUT2D eigenvalue weighted by molar-refractivity contribution is -0.137. The molecule has 16 heavy (non-hydrogen) atoms. The number of carbonyl (C=O) groups excluding carboxylic acids is 1. The van der Waals surface area contributed by atoms with E-state index in [1.807, 2.05) is 24.3 Å². The molecule has 0 fully saturated rings. The minimum Gasteiger partial charge on any atom is -0.463 e. The number of carbonyl (C=O) groups is 1. The van der Waals surface area contributed by atoms with Crippen molar-refractivity contribution < 1.29 is 9.53 Å². The number of rotatable bonds is 5. The summed E-state index contributed by atoms with van der Waals surface area (Å²) in [4.78, 5) is 11.0. The van der Waals surface area contributed by atoms with Crippen LogP contribution in [-0.2, 0) is 9.53 Å². The molecule has 1 aromatic rings. The standard InChI is InChI=1S/C12H14BrNO2/c1-2-16-12(15)8-5-9-14-11-7-4-3-6-10(11)13/h3-8,14H,2,9H2,1H3/b8-5+. The molecule has 1 rings (SSSR count). The van der Waals surface area contributed by atoms with E-state index in [4.69, 9.17) is 4.74 Å². The van der Waals surface area contributed by atoms with Gasteiger partial charge in [-0.2, -0.15) is 0 Å². The SMILES string of the molecule is CCOC(=O)/C=C/CNc1ccccc1Br. The Bertz CT molecular complexity index is 377. The molecule has 0 heterocycles. The lowest BCUT2D eigenvalue weighted by Crippen LogP contribution is -2.02. The highest BCUT2D eigenvalue weighted by atomic mass is 79.9. The zero-order valence-electron chi connectivity index (χ0n) is 9.07. The third-order valence-electron chi connectivity index (χ3n) is 1.82. The Hall–Kier alpha value is -1.29. The van der Waals surface area contributed by atoms with Crippen molar-refractivity contribution in [2.75, 3.05) is 18.5 Å². The Morgan fingerprint density at radius 2 is 2.25 bits per heavy atom. The van der Waals surface area contributed by atoms with Gasteiger partial charge in [0.15, 0.2) is 0 Å². The van der Waals surface area contributed by atoms with Crippen LogP contribution >= 0.6 is 15.9 Å². The van der Waals surface area contributed by atoms with Crippen molar-refractivity contribution in [2.24, 2.45) is 0 Å². The highest BCUT2D eigenvalue weighted by Gasteiger charge is 1.95. The number of ether oxygens (including phenoxy) is 1. The molecule has 0 aliphatic rings. The van der Waals surface area contributed by atoms with Crippen molar-refractivity contribution in [2.45, 2.75) is 6.92 Å². The second kappa shape index (κ2) is 7.06. The van der Waals surface area contributed by atoms with Crippen molar-refractivity contribution in [3.05, 3.63) is 40.9 Å². The molecule has 0 unspecified atom stereocenters. The van der Waals surface area contributed by atoms with Crippen LogP contribution in [0.25, 0.3) is 0 Å². The van der Waals surface area contributed by atoms with Gasteiger partial charge in [-0.25, -0.2) is 4.79 Å². The molecule has 0 spiro atoms. The minimum absolute atomic E-state index is 0.309. The first kappa shape index (κ1) is 12.8. The van der Waals surface area contributed by atoms with Crippen LogP contribution in [0.15, 0.2) is 40.9 Å². The van der Waals surface area contributed by atoms with Gasteiger partial charge in [0.25, 0.3) is 0 Å². The average molecular weight is 284 g/mol. The lowest BCUT2D eigenvalue weighted by Gasteiger charge is -2.04. The summed E-state index contributed by atoms with van der Waals surface area (Å²) in [5.41, 5.74) is 0.996. The molecule has 3 nitrogen and oxygen atoms in total. The molecule has 0 aliphatic heterocycles. The zero-order chi connectivity index (χ0) is 11.8. The summed E-state index contributed by atoms with van der Waals surface area (Å²) in [6.07, 6.45) is 3.16. The van der Waals surface area contributed by atoms with Crippen LogP contribution in [0, 0.1) is 0 Å². The maximum absolute atomic E-state index is 11.0. The van der Waals surface area contributed by atoms with Crippen LogP contribution in [-0.4, -0.2) is 19.1 Å². The van der Waals surface area contributed by atoms with E-state index in [1.54, 1.807) is 13.0 Å². The van der Waals surface area contributed by atoms with E-state index < -0.39 is 0 Å². The lowest BCUT2D eigenvalue weighted by atomic mass is 10.3. The first-order valence-corrected chi connectivity index (χ1v) is 5.85. The summed E-state index contributed by atoms with van der Waals surface area (Å²) >= 11 is 3.42. The van der Waals surface area contributed by atoms with Gasteiger partial charge in [-0.15, -0.1) is 0 Å². The monoisotopic (exact) mass is 283 g/mol. The fraction of sp³-hybridized carbons (Fsp3) is 0.250. The van der Waals surface area contributed by atoms with Crippen molar-refractivity contribution >= 4 is 27.6 Å². The van der Waals surface area contributed by atoms with E-state index in [9.17, 15) is 4.79 Å². The number of hydrogen-bond acceptors (Lipinski definition) is 3. The van der Waals surface area contributed by atoms with Gasteiger partial charge >= 0.3 is 5.97 Å². The Morgan fingerprint density at radius 3 is 2.94 bits per heavy atom. The Labute approximate surface area is 104 Å². The molecular formula is C12H14BrNO2. The number of para-hydroxylation sites is 1. The molecule has 86 valence electrons. The largest absolute Gasteiger partial charge is 0.463 e. The average Bonchev–Trinajstić information content (AvgIpc) is 2.27. The molecule has 1 aromatic carbocycles. The molecule has 1 N–H and O–H groups in total. The van der Waals surface area contributed by atoms with Crippen LogP contribution in [0.2, 0.25) is 0 Å². The number of esters is 1. The van der Waals surface area contributed by atoms with Crippen LogP contribution in [0.5, 0.6) is 0 Å². The molecule has 0 radical (unpaired) electrons. The molecule has 0 amide bonds. The maximum Gasteiger partial charge on any atom is 0.330 e. The topological polar surface area (TPSA) is 38.3 Å². The molecular weight excluding hydrogens is 270 g/mol. The molecule has 0 saturated heterocycles. The molecule has 0 bridgehead atoms. The third kappa shape index (κ3) is 4.49. The van der Waals surface area contributed by atoms with E-state index in [1.165, 1.54) is 6.08 Å². The summed E-state index contributed by atoms with van der Waals surface area (Å²) < 4.78 is 5.75. The Morgan fingerprint density at radius 1 is 1.50 bits per heavy atom. The van der Waals surface area contributed by atoms with Gasteiger partial charge < -0.3 is 10.1 Å². The summed E-state index contributed by atoms with van der Waals surface area (Å²) in [5, 5.41) is 3.17. The second-order valence-corrected chi connectivity index (χ2v) is 3.87.